The van der Waals surface area contributed by atoms with Gasteiger partial charge in [-0.05, 0) is 85.6 Å². The summed E-state index contributed by atoms with van der Waals surface area (Å²) in [7, 11) is 0. The van der Waals surface area contributed by atoms with Gasteiger partial charge in [0.2, 0.25) is 0 Å². The Bertz CT molecular complexity index is 1380. The summed E-state index contributed by atoms with van der Waals surface area (Å²) in [5, 5.41) is 5.10. The van der Waals surface area contributed by atoms with E-state index in [1.165, 1.54) is 40.6 Å². The zero-order valence-electron chi connectivity index (χ0n) is 18.7. The molecule has 0 saturated heterocycles. The van der Waals surface area contributed by atoms with Crippen LogP contribution in [0.4, 0.5) is 5.69 Å². The molecule has 2 aliphatic rings. The molecular weight excluding hydrogens is 390 g/mol. The molecule has 0 amide bonds. The average molecular weight is 418 g/mol. The van der Waals surface area contributed by atoms with Crippen molar-refractivity contribution in [2.45, 2.75) is 45.6 Å². The third-order valence-electron chi connectivity index (χ3n) is 6.91. The summed E-state index contributed by atoms with van der Waals surface area (Å²) in [6, 6.07) is 20.3. The Balaban J connectivity index is 1.38. The Morgan fingerprint density at radius 3 is 2.75 bits per heavy atom. The van der Waals surface area contributed by atoms with E-state index in [1.807, 2.05) is 12.4 Å². The summed E-state index contributed by atoms with van der Waals surface area (Å²) in [6.07, 6.45) is 8.38. The molecule has 3 heteroatoms. The van der Waals surface area contributed by atoms with E-state index in [1.54, 1.807) is 11.1 Å². The van der Waals surface area contributed by atoms with Gasteiger partial charge in [-0.2, -0.15) is 0 Å². The minimum atomic E-state index is 0.426. The van der Waals surface area contributed by atoms with Gasteiger partial charge in [-0.3, -0.25) is 4.98 Å². The van der Waals surface area contributed by atoms with E-state index in [2.05, 4.69) is 78.7 Å². The van der Waals surface area contributed by atoms with Gasteiger partial charge in [-0.15, -0.1) is 0 Å². The van der Waals surface area contributed by atoms with E-state index in [4.69, 9.17) is 4.98 Å². The fourth-order valence-electron chi connectivity index (χ4n) is 5.33. The van der Waals surface area contributed by atoms with Crippen LogP contribution in [-0.4, -0.2) is 16.0 Å². The first-order valence-corrected chi connectivity index (χ1v) is 11.5. The molecule has 6 rings (SSSR count). The summed E-state index contributed by atoms with van der Waals surface area (Å²) in [5.74, 6) is 0. The molecule has 0 spiro atoms. The Morgan fingerprint density at radius 1 is 0.938 bits per heavy atom. The molecule has 2 heterocycles. The van der Waals surface area contributed by atoms with Crippen LogP contribution >= 0.6 is 0 Å². The molecule has 3 nitrogen and oxygen atoms in total. The van der Waals surface area contributed by atoms with Gasteiger partial charge in [0.15, 0.2) is 0 Å². The van der Waals surface area contributed by atoms with Gasteiger partial charge in [0, 0.05) is 35.1 Å². The first-order valence-electron chi connectivity index (χ1n) is 11.5. The second-order valence-electron chi connectivity index (χ2n) is 9.33. The van der Waals surface area contributed by atoms with Gasteiger partial charge in [0.1, 0.15) is 0 Å². The molecule has 1 atom stereocenters. The van der Waals surface area contributed by atoms with Gasteiger partial charge < -0.3 is 5.32 Å². The Kier molecular flexibility index (Phi) is 4.57. The number of hydrogen-bond donors (Lipinski definition) is 1. The molecule has 1 N–H and O–H groups in total. The number of fused-ring (bicyclic) bond motifs is 3. The van der Waals surface area contributed by atoms with Crippen molar-refractivity contribution in [1.82, 2.24) is 9.97 Å². The topological polar surface area (TPSA) is 37.8 Å². The number of anilines is 1. The van der Waals surface area contributed by atoms with E-state index in [0.717, 1.165) is 35.2 Å². The molecule has 0 radical (unpaired) electrons. The van der Waals surface area contributed by atoms with Crippen LogP contribution in [0.15, 0.2) is 72.6 Å². The summed E-state index contributed by atoms with van der Waals surface area (Å²) < 4.78 is 0. The summed E-state index contributed by atoms with van der Waals surface area (Å²) in [4.78, 5) is 9.39. The lowest BCUT2D eigenvalue weighted by Crippen LogP contribution is -2.23. The van der Waals surface area contributed by atoms with Gasteiger partial charge in [-0.1, -0.05) is 42.0 Å². The molecule has 32 heavy (non-hydrogen) atoms. The van der Waals surface area contributed by atoms with Crippen molar-refractivity contribution >= 4 is 22.2 Å². The van der Waals surface area contributed by atoms with Crippen LogP contribution in [0, 0.1) is 13.8 Å². The van der Waals surface area contributed by atoms with Gasteiger partial charge >= 0.3 is 0 Å². The van der Waals surface area contributed by atoms with E-state index in [9.17, 15) is 0 Å². The number of rotatable bonds is 3. The van der Waals surface area contributed by atoms with Crippen molar-refractivity contribution in [3.8, 4) is 11.3 Å². The number of nitrogens with zero attached hydrogens (tertiary/aromatic N) is 2. The highest BCUT2D eigenvalue weighted by atomic mass is 14.9. The summed E-state index contributed by atoms with van der Waals surface area (Å²) >= 11 is 0. The minimum absolute atomic E-state index is 0.426. The van der Waals surface area contributed by atoms with Crippen LogP contribution in [0.5, 0.6) is 0 Å². The van der Waals surface area contributed by atoms with Gasteiger partial charge in [-0.25, -0.2) is 4.98 Å². The van der Waals surface area contributed by atoms with Crippen LogP contribution in [0.3, 0.4) is 0 Å². The first kappa shape index (κ1) is 19.2. The second kappa shape index (κ2) is 7.59. The lowest BCUT2D eigenvalue weighted by Gasteiger charge is -2.27. The predicted octanol–water partition coefficient (Wildman–Crippen LogP) is 6.89. The molecule has 0 aliphatic heterocycles. The molecule has 1 unspecified atom stereocenters. The molecule has 0 saturated carbocycles. The van der Waals surface area contributed by atoms with Crippen LogP contribution < -0.4 is 5.32 Å². The highest BCUT2D eigenvalue weighted by Crippen LogP contribution is 2.42. The highest BCUT2D eigenvalue weighted by molar-refractivity contribution is 5.94. The van der Waals surface area contributed by atoms with Gasteiger partial charge in [0.05, 0.1) is 11.2 Å². The largest absolute Gasteiger partial charge is 0.381 e. The summed E-state index contributed by atoms with van der Waals surface area (Å²) in [5.41, 5.74) is 12.8. The van der Waals surface area contributed by atoms with E-state index in [-0.39, 0.29) is 0 Å². The van der Waals surface area contributed by atoms with E-state index in [0.29, 0.717) is 6.04 Å². The van der Waals surface area contributed by atoms with Crippen molar-refractivity contribution < 1.29 is 0 Å². The fraction of sp³-hybridized carbons (Fsp3) is 0.241. The predicted molar refractivity (Wildman–Crippen MR) is 133 cm³/mol. The Hall–Kier alpha value is -3.46. The highest BCUT2D eigenvalue weighted by Gasteiger charge is 2.28. The monoisotopic (exact) mass is 417 g/mol. The Labute approximate surface area is 189 Å². The van der Waals surface area contributed by atoms with Crippen LogP contribution in [0.1, 0.15) is 41.5 Å². The second-order valence-corrected chi connectivity index (χ2v) is 9.33. The van der Waals surface area contributed by atoms with Crippen molar-refractivity contribution in [2.24, 2.45) is 0 Å². The number of benzene rings is 2. The van der Waals surface area contributed by atoms with Crippen LogP contribution in [-0.2, 0) is 6.42 Å². The van der Waals surface area contributed by atoms with Crippen molar-refractivity contribution in [3.63, 3.8) is 0 Å². The van der Waals surface area contributed by atoms with E-state index < -0.39 is 0 Å². The maximum Gasteiger partial charge on any atom is 0.0745 e. The zero-order chi connectivity index (χ0) is 21.7. The van der Waals surface area contributed by atoms with Crippen molar-refractivity contribution in [1.29, 1.82) is 0 Å². The molecule has 2 aromatic heterocycles. The maximum atomic E-state index is 4.99. The van der Waals surface area contributed by atoms with Gasteiger partial charge in [0.25, 0.3) is 0 Å². The quantitative estimate of drug-likeness (QED) is 0.394. The standard InChI is InChI=1S/C29H27N3/c1-18-7-10-25-28(12-18)32-27(22-11-19(2)16-30-17-22)15-29(25)31-23-9-8-21-13-20-5-3-4-6-24(20)26(21)14-23/h3-7,10-12,15-17,23H,8-9,13-14H2,1-2H3,(H,31,32). The SMILES string of the molecule is Cc1cncc(-c2cc(NC3CCC4=C(C3)c3ccccc3C4)c3ccc(C)cc3n2)c1. The van der Waals surface area contributed by atoms with Crippen molar-refractivity contribution in [3.05, 3.63) is 94.8 Å². The lowest BCUT2D eigenvalue weighted by molar-refractivity contribution is 0.635. The van der Waals surface area contributed by atoms with Crippen LogP contribution in [0.2, 0.25) is 0 Å². The number of pyridine rings is 2. The molecule has 4 aromatic rings. The lowest BCUT2D eigenvalue weighted by atomic mass is 9.88. The zero-order valence-corrected chi connectivity index (χ0v) is 18.7. The first-order chi connectivity index (χ1) is 15.6. The molecule has 158 valence electrons. The third kappa shape index (κ3) is 3.38. The minimum Gasteiger partial charge on any atom is -0.381 e. The Morgan fingerprint density at radius 2 is 1.84 bits per heavy atom. The molecule has 0 fully saturated rings. The number of aryl methyl sites for hydroxylation is 2. The number of hydrogen-bond acceptors (Lipinski definition) is 3. The molecule has 0 bridgehead atoms. The number of allylic oxidation sites excluding steroid dienone is 1. The number of nitrogens with one attached hydrogen (secondary N) is 1. The molecule has 2 aliphatic carbocycles. The third-order valence-corrected chi connectivity index (χ3v) is 6.91. The van der Waals surface area contributed by atoms with E-state index >= 15 is 0 Å². The smallest absolute Gasteiger partial charge is 0.0745 e. The molecular formula is C29H27N3. The summed E-state index contributed by atoms with van der Waals surface area (Å²) in [6.45, 7) is 4.20. The molecule has 2 aromatic carbocycles. The van der Waals surface area contributed by atoms with Crippen molar-refractivity contribution in [2.75, 3.05) is 5.32 Å². The maximum absolute atomic E-state index is 4.99. The average Bonchev–Trinajstić information content (AvgIpc) is 3.17. The number of aromatic nitrogens is 2. The normalized spacial score (nSPS) is 17.4. The fourth-order valence-corrected chi connectivity index (χ4v) is 5.33. The van der Waals surface area contributed by atoms with Crippen LogP contribution in [0.25, 0.3) is 27.7 Å².